The van der Waals surface area contributed by atoms with Crippen molar-refractivity contribution >= 4 is 29.7 Å². The lowest BCUT2D eigenvalue weighted by atomic mass is 10.2. The molecule has 28 heavy (non-hydrogen) atoms. The lowest BCUT2D eigenvalue weighted by molar-refractivity contribution is -0.0498. The van der Waals surface area contributed by atoms with Gasteiger partial charge in [-0.25, -0.2) is 0 Å². The molecule has 1 aromatic carbocycles. The van der Waals surface area contributed by atoms with Crippen LogP contribution < -0.4 is 15.4 Å². The number of hydrogen-bond acceptors (Lipinski definition) is 5. The Morgan fingerprint density at radius 1 is 1.18 bits per heavy atom. The van der Waals surface area contributed by atoms with Crippen LogP contribution in [0.1, 0.15) is 16.1 Å². The molecule has 9 heteroatoms. The second-order valence-electron chi connectivity index (χ2n) is 6.27. The van der Waals surface area contributed by atoms with E-state index in [0.29, 0.717) is 11.4 Å². The van der Waals surface area contributed by atoms with Crippen molar-refractivity contribution in [2.45, 2.75) is 13.0 Å². The molecule has 1 aliphatic heterocycles. The van der Waals surface area contributed by atoms with Gasteiger partial charge in [-0.2, -0.15) is 8.78 Å². The summed E-state index contributed by atoms with van der Waals surface area (Å²) in [5, 5.41) is 6.28. The zero-order valence-electron chi connectivity index (χ0n) is 15.3. The van der Waals surface area contributed by atoms with Crippen molar-refractivity contribution in [2.75, 3.05) is 39.3 Å². The molecule has 0 aliphatic carbocycles. The van der Waals surface area contributed by atoms with Crippen molar-refractivity contribution in [3.8, 4) is 16.2 Å². The van der Waals surface area contributed by atoms with Gasteiger partial charge in [0, 0.05) is 37.6 Å². The Bertz CT molecular complexity index is 737. The Kier molecular flexibility index (Phi) is 9.11. The maximum Gasteiger partial charge on any atom is 0.387 e. The van der Waals surface area contributed by atoms with E-state index in [-0.39, 0.29) is 24.1 Å². The molecule has 1 fully saturated rings. The topological polar surface area (TPSA) is 53.6 Å². The smallest absolute Gasteiger partial charge is 0.387 e. The summed E-state index contributed by atoms with van der Waals surface area (Å²) in [5.74, 6) is 0.0389. The molecule has 5 nitrogen and oxygen atoms in total. The molecule has 1 aromatic heterocycles. The third kappa shape index (κ3) is 6.70. The van der Waals surface area contributed by atoms with Crippen molar-refractivity contribution in [3.63, 3.8) is 0 Å². The van der Waals surface area contributed by atoms with Gasteiger partial charge in [0.25, 0.3) is 5.91 Å². The second-order valence-corrected chi connectivity index (χ2v) is 7.35. The number of carbonyl (C=O) groups is 1. The van der Waals surface area contributed by atoms with Crippen LogP contribution in [-0.2, 0) is 0 Å². The Morgan fingerprint density at radius 2 is 1.89 bits per heavy atom. The largest absolute Gasteiger partial charge is 0.435 e. The summed E-state index contributed by atoms with van der Waals surface area (Å²) in [7, 11) is 0. The summed E-state index contributed by atoms with van der Waals surface area (Å²) in [6, 6.07) is 10.1. The van der Waals surface area contributed by atoms with Gasteiger partial charge < -0.3 is 20.3 Å². The Hall–Kier alpha value is -1.74. The van der Waals surface area contributed by atoms with Gasteiger partial charge in [-0.05, 0) is 54.9 Å². The van der Waals surface area contributed by atoms with E-state index in [9.17, 15) is 13.6 Å². The van der Waals surface area contributed by atoms with E-state index in [4.69, 9.17) is 0 Å². The Morgan fingerprint density at radius 3 is 2.57 bits per heavy atom. The molecule has 0 bridgehead atoms. The van der Waals surface area contributed by atoms with E-state index in [1.807, 2.05) is 6.07 Å². The predicted molar refractivity (Wildman–Crippen MR) is 110 cm³/mol. The van der Waals surface area contributed by atoms with Gasteiger partial charge in [0.05, 0.1) is 4.88 Å². The van der Waals surface area contributed by atoms with Crippen molar-refractivity contribution in [2.24, 2.45) is 0 Å². The molecule has 0 atom stereocenters. The number of rotatable bonds is 8. The quantitative estimate of drug-likeness (QED) is 0.628. The van der Waals surface area contributed by atoms with Crippen LogP contribution in [0.4, 0.5) is 8.78 Å². The number of benzene rings is 1. The number of nitrogens with zero attached hydrogens (tertiary/aromatic N) is 1. The van der Waals surface area contributed by atoms with Crippen LogP contribution in [0.15, 0.2) is 36.4 Å². The third-order valence-electron chi connectivity index (χ3n) is 4.34. The highest BCUT2D eigenvalue weighted by Crippen LogP contribution is 2.29. The standard InChI is InChI=1S/C19H23F2N3O2S.ClH/c20-19(21)26-15-4-2-14(3-5-15)16-6-7-17(27-16)18(25)23-8-1-11-24-12-9-22-10-13-24;/h2-7,19,22H,1,8-13H2,(H,23,25);1H. The van der Waals surface area contributed by atoms with Gasteiger partial charge in [0.15, 0.2) is 0 Å². The first kappa shape index (κ1) is 22.5. The maximum atomic E-state index is 12.3. The fourth-order valence-corrected chi connectivity index (χ4v) is 3.87. The SMILES string of the molecule is Cl.O=C(NCCCN1CCNCC1)c1ccc(-c2ccc(OC(F)F)cc2)s1. The highest BCUT2D eigenvalue weighted by molar-refractivity contribution is 7.17. The number of hydrogen-bond donors (Lipinski definition) is 2. The molecule has 2 aromatic rings. The van der Waals surface area contributed by atoms with Gasteiger partial charge in [-0.3, -0.25) is 4.79 Å². The molecular weight excluding hydrogens is 408 g/mol. The number of halogens is 3. The molecule has 0 unspecified atom stereocenters. The van der Waals surface area contributed by atoms with Crippen LogP contribution in [0.5, 0.6) is 5.75 Å². The predicted octanol–water partition coefficient (Wildman–Crippen LogP) is 3.46. The summed E-state index contributed by atoms with van der Waals surface area (Å²) in [6.45, 7) is 2.98. The zero-order valence-corrected chi connectivity index (χ0v) is 17.0. The Balaban J connectivity index is 0.00000280. The van der Waals surface area contributed by atoms with Gasteiger partial charge in [-0.15, -0.1) is 23.7 Å². The molecule has 0 spiro atoms. The van der Waals surface area contributed by atoms with E-state index < -0.39 is 6.61 Å². The van der Waals surface area contributed by atoms with Gasteiger partial charge in [0.1, 0.15) is 5.75 Å². The highest BCUT2D eigenvalue weighted by Gasteiger charge is 2.12. The number of piperazine rings is 1. The normalized spacial score (nSPS) is 14.5. The zero-order chi connectivity index (χ0) is 19.1. The summed E-state index contributed by atoms with van der Waals surface area (Å²) in [5.41, 5.74) is 0.861. The molecule has 1 amide bonds. The summed E-state index contributed by atoms with van der Waals surface area (Å²) < 4.78 is 28.7. The van der Waals surface area contributed by atoms with Crippen LogP contribution >= 0.6 is 23.7 Å². The van der Waals surface area contributed by atoms with E-state index in [1.54, 1.807) is 18.2 Å². The second kappa shape index (κ2) is 11.3. The maximum absolute atomic E-state index is 12.3. The molecule has 0 radical (unpaired) electrons. The lowest BCUT2D eigenvalue weighted by Gasteiger charge is -2.27. The minimum absolute atomic E-state index is 0. The number of ether oxygens (including phenoxy) is 1. The van der Waals surface area contributed by atoms with Crippen LogP contribution in [0, 0.1) is 0 Å². The summed E-state index contributed by atoms with van der Waals surface area (Å²) in [4.78, 5) is 16.2. The van der Waals surface area contributed by atoms with E-state index >= 15 is 0 Å². The van der Waals surface area contributed by atoms with Crippen molar-refractivity contribution in [1.82, 2.24) is 15.5 Å². The molecule has 1 aliphatic rings. The average Bonchev–Trinajstić information content (AvgIpc) is 3.16. The molecule has 154 valence electrons. The Labute approximate surface area is 173 Å². The molecule has 2 heterocycles. The van der Waals surface area contributed by atoms with Crippen molar-refractivity contribution in [1.29, 1.82) is 0 Å². The number of amides is 1. The average molecular weight is 432 g/mol. The van der Waals surface area contributed by atoms with E-state index in [0.717, 1.165) is 49.6 Å². The number of carbonyl (C=O) groups excluding carboxylic acids is 1. The number of alkyl halides is 2. The number of nitrogens with one attached hydrogen (secondary N) is 2. The minimum Gasteiger partial charge on any atom is -0.435 e. The molecule has 2 N–H and O–H groups in total. The van der Waals surface area contributed by atoms with E-state index in [1.165, 1.54) is 23.5 Å². The highest BCUT2D eigenvalue weighted by atomic mass is 35.5. The first-order valence-electron chi connectivity index (χ1n) is 8.98. The van der Waals surface area contributed by atoms with Gasteiger partial charge in [0.2, 0.25) is 0 Å². The third-order valence-corrected chi connectivity index (χ3v) is 5.47. The monoisotopic (exact) mass is 431 g/mol. The summed E-state index contributed by atoms with van der Waals surface area (Å²) >= 11 is 1.38. The van der Waals surface area contributed by atoms with Crippen LogP contribution in [0.3, 0.4) is 0 Å². The first-order chi connectivity index (χ1) is 13.1. The number of thiophene rings is 1. The van der Waals surface area contributed by atoms with Crippen LogP contribution in [-0.4, -0.2) is 56.7 Å². The summed E-state index contributed by atoms with van der Waals surface area (Å²) in [6.07, 6.45) is 0.926. The van der Waals surface area contributed by atoms with Crippen LogP contribution in [0.25, 0.3) is 10.4 Å². The molecular formula is C19H24ClF2N3O2S. The van der Waals surface area contributed by atoms with E-state index in [2.05, 4.69) is 20.3 Å². The van der Waals surface area contributed by atoms with Gasteiger partial charge >= 0.3 is 6.61 Å². The van der Waals surface area contributed by atoms with Gasteiger partial charge in [-0.1, -0.05) is 0 Å². The minimum atomic E-state index is -2.83. The lowest BCUT2D eigenvalue weighted by Crippen LogP contribution is -2.44. The molecule has 1 saturated heterocycles. The fraction of sp³-hybridized carbons (Fsp3) is 0.421. The van der Waals surface area contributed by atoms with Crippen molar-refractivity contribution in [3.05, 3.63) is 41.3 Å². The fourth-order valence-electron chi connectivity index (χ4n) is 2.94. The molecule has 0 saturated carbocycles. The van der Waals surface area contributed by atoms with Crippen molar-refractivity contribution < 1.29 is 18.3 Å². The first-order valence-corrected chi connectivity index (χ1v) is 9.80. The molecule has 3 rings (SSSR count). The van der Waals surface area contributed by atoms with Crippen LogP contribution in [0.2, 0.25) is 0 Å².